The molecular weight excluding hydrogens is 256 g/mol. The van der Waals surface area contributed by atoms with E-state index in [0.29, 0.717) is 18.6 Å². The summed E-state index contributed by atoms with van der Waals surface area (Å²) in [5, 5.41) is 0.799. The lowest BCUT2D eigenvalue weighted by Gasteiger charge is -2.33. The van der Waals surface area contributed by atoms with Crippen molar-refractivity contribution in [2.24, 2.45) is 5.73 Å². The zero-order valence-corrected chi connectivity index (χ0v) is 13.2. The standard InChI is InChI=1S/C16H27ClN2/c1-4-5-6-10-16(12-18)19(3)13(2)14-8-7-9-15(17)11-14/h7-9,11,13,16H,4-6,10,12,18H2,1-3H3. The van der Waals surface area contributed by atoms with Gasteiger partial charge in [0.2, 0.25) is 0 Å². The number of unbranched alkanes of at least 4 members (excludes halogenated alkanes) is 2. The maximum Gasteiger partial charge on any atom is 0.0409 e. The van der Waals surface area contributed by atoms with Crippen molar-refractivity contribution in [3.05, 3.63) is 34.9 Å². The Labute approximate surface area is 122 Å². The van der Waals surface area contributed by atoms with Gasteiger partial charge in [-0.15, -0.1) is 0 Å². The summed E-state index contributed by atoms with van der Waals surface area (Å²) in [4.78, 5) is 2.38. The first kappa shape index (κ1) is 16.5. The molecule has 0 aliphatic rings. The Balaban J connectivity index is 2.65. The molecule has 2 N–H and O–H groups in total. The summed E-state index contributed by atoms with van der Waals surface area (Å²) in [5.41, 5.74) is 7.19. The minimum Gasteiger partial charge on any atom is -0.329 e. The molecule has 0 bridgehead atoms. The number of nitrogens with two attached hydrogens (primary N) is 1. The average Bonchev–Trinajstić information content (AvgIpc) is 2.42. The Morgan fingerprint density at radius 3 is 2.63 bits per heavy atom. The van der Waals surface area contributed by atoms with Gasteiger partial charge < -0.3 is 5.73 Å². The van der Waals surface area contributed by atoms with Crippen LogP contribution in [0.4, 0.5) is 0 Å². The van der Waals surface area contributed by atoms with Gasteiger partial charge in [-0.25, -0.2) is 0 Å². The van der Waals surface area contributed by atoms with Crippen molar-refractivity contribution in [1.29, 1.82) is 0 Å². The van der Waals surface area contributed by atoms with E-state index in [-0.39, 0.29) is 0 Å². The van der Waals surface area contributed by atoms with Gasteiger partial charge in [0, 0.05) is 23.7 Å². The molecule has 0 aliphatic heterocycles. The van der Waals surface area contributed by atoms with Crippen LogP contribution in [0.25, 0.3) is 0 Å². The first-order chi connectivity index (χ1) is 9.10. The summed E-state index contributed by atoms with van der Waals surface area (Å²) in [6.07, 6.45) is 4.97. The molecule has 2 atom stereocenters. The van der Waals surface area contributed by atoms with Crippen LogP contribution in [0.15, 0.2) is 24.3 Å². The molecule has 1 aromatic carbocycles. The summed E-state index contributed by atoms with van der Waals surface area (Å²) in [5.74, 6) is 0. The average molecular weight is 283 g/mol. The van der Waals surface area contributed by atoms with Crippen molar-refractivity contribution in [3.63, 3.8) is 0 Å². The molecule has 19 heavy (non-hydrogen) atoms. The van der Waals surface area contributed by atoms with E-state index < -0.39 is 0 Å². The lowest BCUT2D eigenvalue weighted by atomic mass is 10.0. The van der Waals surface area contributed by atoms with Crippen molar-refractivity contribution >= 4 is 11.6 Å². The van der Waals surface area contributed by atoms with Crippen LogP contribution >= 0.6 is 11.6 Å². The number of halogens is 1. The molecule has 0 heterocycles. The Hall–Kier alpha value is -0.570. The van der Waals surface area contributed by atoms with Crippen LogP contribution in [0.2, 0.25) is 5.02 Å². The van der Waals surface area contributed by atoms with Crippen molar-refractivity contribution in [1.82, 2.24) is 4.90 Å². The molecule has 0 aromatic heterocycles. The summed E-state index contributed by atoms with van der Waals surface area (Å²) in [6, 6.07) is 8.89. The lowest BCUT2D eigenvalue weighted by molar-refractivity contribution is 0.177. The van der Waals surface area contributed by atoms with Crippen LogP contribution in [-0.4, -0.2) is 24.5 Å². The largest absolute Gasteiger partial charge is 0.329 e. The van der Waals surface area contributed by atoms with Crippen LogP contribution in [0.1, 0.15) is 51.1 Å². The van der Waals surface area contributed by atoms with Crippen LogP contribution < -0.4 is 5.73 Å². The Morgan fingerprint density at radius 2 is 2.05 bits per heavy atom. The minimum atomic E-state index is 0.342. The van der Waals surface area contributed by atoms with Crippen LogP contribution in [0.5, 0.6) is 0 Å². The maximum atomic E-state index is 6.07. The molecule has 3 heteroatoms. The van der Waals surface area contributed by atoms with Gasteiger partial charge in [0.25, 0.3) is 0 Å². The van der Waals surface area contributed by atoms with Crippen LogP contribution in [0, 0.1) is 0 Å². The smallest absolute Gasteiger partial charge is 0.0409 e. The predicted molar refractivity (Wildman–Crippen MR) is 84.6 cm³/mol. The van der Waals surface area contributed by atoms with Gasteiger partial charge in [0.05, 0.1) is 0 Å². The summed E-state index contributed by atoms with van der Waals surface area (Å²) in [6.45, 7) is 5.16. The van der Waals surface area contributed by atoms with E-state index in [2.05, 4.69) is 31.9 Å². The van der Waals surface area contributed by atoms with E-state index in [1.807, 2.05) is 18.2 Å². The highest BCUT2D eigenvalue weighted by molar-refractivity contribution is 6.30. The number of benzene rings is 1. The third-order valence-electron chi connectivity index (χ3n) is 3.93. The summed E-state index contributed by atoms with van der Waals surface area (Å²) >= 11 is 6.07. The lowest BCUT2D eigenvalue weighted by Crippen LogP contribution is -2.39. The zero-order valence-electron chi connectivity index (χ0n) is 12.4. The second-order valence-corrected chi connectivity index (χ2v) is 5.72. The van der Waals surface area contributed by atoms with Crippen molar-refractivity contribution in [3.8, 4) is 0 Å². The molecule has 0 saturated carbocycles. The van der Waals surface area contributed by atoms with Gasteiger partial charge >= 0.3 is 0 Å². The van der Waals surface area contributed by atoms with Crippen molar-refractivity contribution < 1.29 is 0 Å². The maximum absolute atomic E-state index is 6.07. The topological polar surface area (TPSA) is 29.3 Å². The highest BCUT2D eigenvalue weighted by Gasteiger charge is 2.19. The van der Waals surface area contributed by atoms with Crippen molar-refractivity contribution in [2.45, 2.75) is 51.6 Å². The summed E-state index contributed by atoms with van der Waals surface area (Å²) < 4.78 is 0. The Morgan fingerprint density at radius 1 is 1.32 bits per heavy atom. The van der Waals surface area contributed by atoms with Gasteiger partial charge in [0.1, 0.15) is 0 Å². The third kappa shape index (κ3) is 5.13. The number of hydrogen-bond acceptors (Lipinski definition) is 2. The summed E-state index contributed by atoms with van der Waals surface area (Å²) in [7, 11) is 2.16. The fourth-order valence-electron chi connectivity index (χ4n) is 2.44. The molecule has 1 aromatic rings. The number of likely N-dealkylation sites (N-methyl/N-ethyl adjacent to an activating group) is 1. The van der Waals surface area contributed by atoms with Gasteiger partial charge in [-0.3, -0.25) is 4.90 Å². The molecule has 0 fully saturated rings. The quantitative estimate of drug-likeness (QED) is 0.723. The zero-order chi connectivity index (χ0) is 14.3. The SMILES string of the molecule is CCCCCC(CN)N(C)C(C)c1cccc(Cl)c1. The first-order valence-corrected chi connectivity index (χ1v) is 7.65. The first-order valence-electron chi connectivity index (χ1n) is 7.27. The van der Waals surface area contributed by atoms with E-state index in [9.17, 15) is 0 Å². The molecule has 108 valence electrons. The number of nitrogens with zero attached hydrogens (tertiary/aromatic N) is 1. The van der Waals surface area contributed by atoms with Gasteiger partial charge in [-0.1, -0.05) is 49.9 Å². The highest BCUT2D eigenvalue weighted by atomic mass is 35.5. The third-order valence-corrected chi connectivity index (χ3v) is 4.17. The molecule has 0 radical (unpaired) electrons. The number of hydrogen-bond donors (Lipinski definition) is 1. The van der Waals surface area contributed by atoms with E-state index in [0.717, 1.165) is 5.02 Å². The second kappa shape index (κ2) is 8.57. The van der Waals surface area contributed by atoms with E-state index in [1.54, 1.807) is 0 Å². The molecular formula is C16H27ClN2. The highest BCUT2D eigenvalue weighted by Crippen LogP contribution is 2.24. The fraction of sp³-hybridized carbons (Fsp3) is 0.625. The monoisotopic (exact) mass is 282 g/mol. The normalized spacial score (nSPS) is 14.6. The Kier molecular flexibility index (Phi) is 7.44. The molecule has 2 unspecified atom stereocenters. The van der Waals surface area contributed by atoms with E-state index in [4.69, 9.17) is 17.3 Å². The van der Waals surface area contributed by atoms with Gasteiger partial charge in [-0.05, 0) is 38.1 Å². The van der Waals surface area contributed by atoms with Crippen LogP contribution in [-0.2, 0) is 0 Å². The van der Waals surface area contributed by atoms with E-state index in [1.165, 1.54) is 31.2 Å². The second-order valence-electron chi connectivity index (χ2n) is 5.28. The molecule has 0 saturated heterocycles. The fourth-order valence-corrected chi connectivity index (χ4v) is 2.63. The minimum absolute atomic E-state index is 0.342. The van der Waals surface area contributed by atoms with Gasteiger partial charge in [0.15, 0.2) is 0 Å². The van der Waals surface area contributed by atoms with Crippen molar-refractivity contribution in [2.75, 3.05) is 13.6 Å². The molecule has 1 rings (SSSR count). The predicted octanol–water partition coefficient (Wildman–Crippen LogP) is 4.24. The van der Waals surface area contributed by atoms with E-state index >= 15 is 0 Å². The van der Waals surface area contributed by atoms with Gasteiger partial charge in [-0.2, -0.15) is 0 Å². The van der Waals surface area contributed by atoms with Crippen LogP contribution in [0.3, 0.4) is 0 Å². The Bertz CT molecular complexity index is 368. The molecule has 2 nitrogen and oxygen atoms in total. The molecule has 0 aliphatic carbocycles. The molecule has 0 spiro atoms. The molecule has 0 amide bonds. The number of rotatable bonds is 8.